The highest BCUT2D eigenvalue weighted by molar-refractivity contribution is 5.78. The second-order valence-corrected chi connectivity index (χ2v) is 12.1. The van der Waals surface area contributed by atoms with Crippen LogP contribution in [0.4, 0.5) is 0 Å². The van der Waals surface area contributed by atoms with Crippen LogP contribution in [0.2, 0.25) is 0 Å². The summed E-state index contributed by atoms with van der Waals surface area (Å²) in [4.78, 5) is 12.2. The lowest BCUT2D eigenvalue weighted by Gasteiger charge is -2.62. The van der Waals surface area contributed by atoms with Crippen LogP contribution in [0.5, 0.6) is 0 Å². The van der Waals surface area contributed by atoms with Crippen molar-refractivity contribution in [2.45, 2.75) is 106 Å². The van der Waals surface area contributed by atoms with Crippen molar-refractivity contribution in [2.24, 2.45) is 39.4 Å². The van der Waals surface area contributed by atoms with Gasteiger partial charge in [0.25, 0.3) is 0 Å². The molecular weight excluding hydrogens is 344 g/mol. The topological polar surface area (TPSA) is 37.3 Å². The minimum atomic E-state index is -0.163. The van der Waals surface area contributed by atoms with Gasteiger partial charge in [0.15, 0.2) is 0 Å². The second-order valence-electron chi connectivity index (χ2n) is 12.1. The predicted molar refractivity (Wildman–Crippen MR) is 115 cm³/mol. The van der Waals surface area contributed by atoms with Crippen LogP contribution in [0, 0.1) is 39.4 Å². The smallest absolute Gasteiger partial charge is 0.132 e. The molecule has 28 heavy (non-hydrogen) atoms. The number of allylic oxidation sites excluding steroid dienone is 2. The molecule has 0 amide bonds. The van der Waals surface area contributed by atoms with E-state index >= 15 is 0 Å². The summed E-state index contributed by atoms with van der Waals surface area (Å²) in [6, 6.07) is 0. The minimum Gasteiger partial charge on any atom is -0.393 e. The quantitative estimate of drug-likeness (QED) is 0.564. The van der Waals surface area contributed by atoms with E-state index in [1.54, 1.807) is 18.1 Å². The van der Waals surface area contributed by atoms with Crippen LogP contribution >= 0.6 is 0 Å². The Labute approximate surface area is 172 Å². The van der Waals surface area contributed by atoms with E-state index in [4.69, 9.17) is 0 Å². The van der Waals surface area contributed by atoms with Gasteiger partial charge >= 0.3 is 0 Å². The molecular formula is C26H42O2. The normalized spacial score (nSPS) is 48.5. The highest BCUT2D eigenvalue weighted by atomic mass is 16.3. The van der Waals surface area contributed by atoms with Crippen LogP contribution < -0.4 is 0 Å². The highest BCUT2D eigenvalue weighted by Gasteiger charge is 2.63. The third-order valence-electron chi connectivity index (χ3n) is 11.0. The molecule has 0 aliphatic heterocycles. The molecule has 2 nitrogen and oxygen atoms in total. The molecule has 158 valence electrons. The van der Waals surface area contributed by atoms with Crippen molar-refractivity contribution in [1.29, 1.82) is 0 Å². The van der Waals surface area contributed by atoms with Gasteiger partial charge in [0.2, 0.25) is 0 Å². The minimum absolute atomic E-state index is 0.00847. The van der Waals surface area contributed by atoms with Gasteiger partial charge in [0.1, 0.15) is 5.78 Å². The molecule has 4 aliphatic rings. The Morgan fingerprint density at radius 1 is 0.964 bits per heavy atom. The average Bonchev–Trinajstić information content (AvgIpc) is 2.90. The van der Waals surface area contributed by atoms with Gasteiger partial charge in [-0.05, 0) is 91.8 Å². The van der Waals surface area contributed by atoms with Crippen molar-refractivity contribution in [2.75, 3.05) is 0 Å². The van der Waals surface area contributed by atoms with Crippen molar-refractivity contribution < 1.29 is 9.90 Å². The lowest BCUT2D eigenvalue weighted by atomic mass is 9.43. The second kappa shape index (κ2) is 6.19. The molecule has 0 spiro atoms. The number of carbonyl (C=O) groups excluding carboxylic acids is 1. The first kappa shape index (κ1) is 20.6. The van der Waals surface area contributed by atoms with Crippen molar-refractivity contribution in [1.82, 2.24) is 0 Å². The standard InChI is InChI=1S/C26H42O2/c1-16(17(2)27)18-10-14-26(7)20-8-9-21-23(3,4)22(28)12-13-24(21,5)19(20)11-15-25(18,26)6/h16,18,21-22,28H,8-15H2,1-7H3/t16-,18-,21?,22+,24-,25-,26+/m1/s1. The Bertz CT molecular complexity index is 718. The van der Waals surface area contributed by atoms with Crippen molar-refractivity contribution in [3.63, 3.8) is 0 Å². The van der Waals surface area contributed by atoms with Crippen LogP contribution in [0.25, 0.3) is 0 Å². The van der Waals surface area contributed by atoms with E-state index in [1.807, 2.05) is 0 Å². The van der Waals surface area contributed by atoms with E-state index in [2.05, 4.69) is 41.5 Å². The number of aliphatic hydroxyl groups excluding tert-OH is 1. The predicted octanol–water partition coefficient (Wildman–Crippen LogP) is 6.32. The average molecular weight is 387 g/mol. The van der Waals surface area contributed by atoms with Crippen LogP contribution in [-0.4, -0.2) is 17.0 Å². The first-order valence-corrected chi connectivity index (χ1v) is 11.8. The maximum Gasteiger partial charge on any atom is 0.132 e. The van der Waals surface area contributed by atoms with Gasteiger partial charge in [-0.3, -0.25) is 4.79 Å². The fraction of sp³-hybridized carbons (Fsp3) is 0.885. The van der Waals surface area contributed by atoms with Crippen molar-refractivity contribution in [3.8, 4) is 0 Å². The first-order chi connectivity index (χ1) is 12.9. The number of ketones is 1. The Kier molecular flexibility index (Phi) is 4.56. The van der Waals surface area contributed by atoms with Crippen molar-refractivity contribution in [3.05, 3.63) is 11.1 Å². The van der Waals surface area contributed by atoms with Crippen LogP contribution in [0.15, 0.2) is 11.1 Å². The Morgan fingerprint density at radius 3 is 2.29 bits per heavy atom. The largest absolute Gasteiger partial charge is 0.393 e. The molecule has 0 bridgehead atoms. The number of hydrogen-bond acceptors (Lipinski definition) is 2. The molecule has 4 aliphatic carbocycles. The lowest BCUT2D eigenvalue weighted by molar-refractivity contribution is -0.124. The van der Waals surface area contributed by atoms with E-state index in [0.29, 0.717) is 17.6 Å². The fourth-order valence-electron chi connectivity index (χ4n) is 8.80. The molecule has 0 radical (unpaired) electrons. The van der Waals surface area contributed by atoms with Gasteiger partial charge in [-0.2, -0.15) is 0 Å². The molecule has 1 N–H and O–H groups in total. The van der Waals surface area contributed by atoms with E-state index in [9.17, 15) is 9.90 Å². The van der Waals surface area contributed by atoms with E-state index < -0.39 is 0 Å². The van der Waals surface area contributed by atoms with Crippen LogP contribution in [0.3, 0.4) is 0 Å². The zero-order chi connectivity index (χ0) is 20.7. The monoisotopic (exact) mass is 386 g/mol. The molecule has 2 fully saturated rings. The molecule has 2 heteroatoms. The van der Waals surface area contributed by atoms with Crippen LogP contribution in [-0.2, 0) is 4.79 Å². The summed E-state index contributed by atoms with van der Waals surface area (Å²) in [6.07, 6.45) is 9.24. The summed E-state index contributed by atoms with van der Waals surface area (Å²) >= 11 is 0. The third kappa shape index (κ3) is 2.39. The summed E-state index contributed by atoms with van der Waals surface area (Å²) in [5, 5.41) is 10.7. The van der Waals surface area contributed by atoms with E-state index in [-0.39, 0.29) is 33.7 Å². The van der Waals surface area contributed by atoms with Gasteiger partial charge in [0.05, 0.1) is 6.10 Å². The van der Waals surface area contributed by atoms with E-state index in [1.165, 1.54) is 38.5 Å². The summed E-state index contributed by atoms with van der Waals surface area (Å²) in [5.74, 6) is 1.67. The Hall–Kier alpha value is -0.630. The third-order valence-corrected chi connectivity index (χ3v) is 11.0. The summed E-state index contributed by atoms with van der Waals surface area (Å²) in [5.41, 5.74) is 4.30. The molecule has 0 aromatic rings. The molecule has 7 atom stereocenters. The number of hydrogen-bond donors (Lipinski definition) is 1. The molecule has 0 aromatic carbocycles. The van der Waals surface area contributed by atoms with Gasteiger partial charge in [0, 0.05) is 5.92 Å². The highest BCUT2D eigenvalue weighted by Crippen LogP contribution is 2.72. The zero-order valence-electron chi connectivity index (χ0n) is 19.3. The summed E-state index contributed by atoms with van der Waals surface area (Å²) < 4.78 is 0. The fourth-order valence-corrected chi connectivity index (χ4v) is 8.80. The van der Waals surface area contributed by atoms with Gasteiger partial charge in [-0.15, -0.1) is 0 Å². The lowest BCUT2D eigenvalue weighted by Crippen LogP contribution is -2.55. The molecule has 2 saturated carbocycles. The van der Waals surface area contributed by atoms with E-state index in [0.717, 1.165) is 12.8 Å². The number of rotatable bonds is 2. The van der Waals surface area contributed by atoms with Gasteiger partial charge < -0.3 is 5.11 Å². The molecule has 4 rings (SSSR count). The van der Waals surface area contributed by atoms with Gasteiger partial charge in [-0.25, -0.2) is 0 Å². The molecule has 0 aromatic heterocycles. The first-order valence-electron chi connectivity index (χ1n) is 11.8. The molecule has 0 saturated heterocycles. The molecule has 1 unspecified atom stereocenters. The van der Waals surface area contributed by atoms with Crippen molar-refractivity contribution >= 4 is 5.78 Å². The zero-order valence-corrected chi connectivity index (χ0v) is 19.3. The number of carbonyl (C=O) groups is 1. The number of aliphatic hydroxyl groups is 1. The SMILES string of the molecule is CC(=O)[C@@H](C)[C@H]1CC[C@@]2(C)C3=C(CC[C@]12C)[C@@]1(C)CC[C@H](O)C(C)(C)C1CC3. The summed E-state index contributed by atoms with van der Waals surface area (Å²) in [6.45, 7) is 16.2. The number of fused-ring (bicyclic) bond motifs is 4. The molecule has 0 heterocycles. The Morgan fingerprint density at radius 2 is 1.64 bits per heavy atom. The van der Waals surface area contributed by atoms with Crippen LogP contribution in [0.1, 0.15) is 99.8 Å². The Balaban J connectivity index is 1.77. The maximum atomic E-state index is 12.2. The number of Topliss-reactive ketones (excluding diaryl/α,β-unsaturated/α-hetero) is 1. The maximum absolute atomic E-state index is 12.2. The summed E-state index contributed by atoms with van der Waals surface area (Å²) in [7, 11) is 0. The van der Waals surface area contributed by atoms with Gasteiger partial charge in [-0.1, -0.05) is 52.7 Å².